The molecule has 188 valence electrons. The first-order valence-electron chi connectivity index (χ1n) is 11.3. The van der Waals surface area contributed by atoms with Crippen LogP contribution in [0.2, 0.25) is 0 Å². The van der Waals surface area contributed by atoms with Gasteiger partial charge in [-0.05, 0) is 54.5 Å². The molecule has 0 aliphatic heterocycles. The van der Waals surface area contributed by atoms with Gasteiger partial charge >= 0.3 is 6.11 Å². The Morgan fingerprint density at radius 1 is 0.800 bits per heavy atom. The molecule has 3 aromatic carbocycles. The van der Waals surface area contributed by atoms with E-state index in [1.165, 1.54) is 12.1 Å². The Bertz CT molecular complexity index is 1230. The number of fused-ring (bicyclic) bond motifs is 1. The lowest BCUT2D eigenvalue weighted by Gasteiger charge is -2.29. The second-order valence-corrected chi connectivity index (χ2v) is 8.95. The second-order valence-electron chi connectivity index (χ2n) is 8.95. The Hall–Kier alpha value is -2.84. The van der Waals surface area contributed by atoms with Gasteiger partial charge in [0.1, 0.15) is 17.1 Å². The average molecular weight is 502 g/mol. The van der Waals surface area contributed by atoms with E-state index in [4.69, 9.17) is 0 Å². The standard InChI is InChI=1S/C26H22F8O/c1-2-3-13-4-6-14(7-5-13)17-9-8-15-10-18(23(30)25(32)21(15)22(17)29)26(33,34)35-16-11-19(27)24(31)20(28)12-16/h8-14H,2-7H2,1H3. The van der Waals surface area contributed by atoms with E-state index in [2.05, 4.69) is 11.7 Å². The summed E-state index contributed by atoms with van der Waals surface area (Å²) in [6.07, 6.45) is 0.662. The molecule has 1 aliphatic rings. The molecule has 0 spiro atoms. The summed E-state index contributed by atoms with van der Waals surface area (Å²) < 4.78 is 118. The van der Waals surface area contributed by atoms with Crippen molar-refractivity contribution in [1.82, 2.24) is 0 Å². The normalized spacial score (nSPS) is 18.8. The molecule has 1 saturated carbocycles. The van der Waals surface area contributed by atoms with Crippen molar-refractivity contribution in [3.63, 3.8) is 0 Å². The van der Waals surface area contributed by atoms with E-state index in [9.17, 15) is 30.7 Å². The van der Waals surface area contributed by atoms with E-state index in [1.54, 1.807) is 0 Å². The largest absolute Gasteiger partial charge is 0.429 e. The number of hydrogen-bond acceptors (Lipinski definition) is 1. The van der Waals surface area contributed by atoms with E-state index in [0.717, 1.165) is 25.7 Å². The Balaban J connectivity index is 1.69. The molecule has 1 fully saturated rings. The van der Waals surface area contributed by atoms with Crippen LogP contribution in [0.25, 0.3) is 10.8 Å². The number of benzene rings is 3. The highest BCUT2D eigenvalue weighted by atomic mass is 19.3. The second kappa shape index (κ2) is 9.66. The van der Waals surface area contributed by atoms with Gasteiger partial charge in [0.05, 0.1) is 5.39 Å². The van der Waals surface area contributed by atoms with Gasteiger partial charge in [-0.1, -0.05) is 31.9 Å². The molecule has 3 aromatic rings. The maximum Gasteiger partial charge on any atom is 0.429 e. The summed E-state index contributed by atoms with van der Waals surface area (Å²) in [5.74, 6) is -11.2. The molecule has 0 atom stereocenters. The number of hydrogen-bond donors (Lipinski definition) is 0. The van der Waals surface area contributed by atoms with Crippen LogP contribution in [0.5, 0.6) is 5.75 Å². The van der Waals surface area contributed by atoms with Crippen molar-refractivity contribution in [2.24, 2.45) is 5.92 Å². The third-order valence-electron chi connectivity index (χ3n) is 6.65. The molecule has 0 heterocycles. The fourth-order valence-corrected chi connectivity index (χ4v) is 4.89. The maximum absolute atomic E-state index is 15.3. The molecule has 0 N–H and O–H groups in total. The minimum atomic E-state index is -4.61. The van der Waals surface area contributed by atoms with Gasteiger partial charge in [-0.15, -0.1) is 0 Å². The van der Waals surface area contributed by atoms with Crippen LogP contribution in [0, 0.1) is 40.8 Å². The molecular weight excluding hydrogens is 480 g/mol. The third kappa shape index (κ3) is 4.82. The molecule has 0 radical (unpaired) electrons. The maximum atomic E-state index is 15.3. The van der Waals surface area contributed by atoms with Gasteiger partial charge in [-0.3, -0.25) is 0 Å². The summed E-state index contributed by atoms with van der Waals surface area (Å²) in [6.45, 7) is 2.09. The summed E-state index contributed by atoms with van der Waals surface area (Å²) in [7, 11) is 0. The van der Waals surface area contributed by atoms with Gasteiger partial charge in [0, 0.05) is 12.1 Å². The predicted octanol–water partition coefficient (Wildman–Crippen LogP) is 8.88. The van der Waals surface area contributed by atoms with Gasteiger partial charge in [-0.25, -0.2) is 26.3 Å². The first-order valence-corrected chi connectivity index (χ1v) is 11.3. The van der Waals surface area contributed by atoms with Crippen molar-refractivity contribution in [2.75, 3.05) is 0 Å². The van der Waals surface area contributed by atoms with Crippen molar-refractivity contribution >= 4 is 10.8 Å². The molecule has 4 rings (SSSR count). The predicted molar refractivity (Wildman–Crippen MR) is 114 cm³/mol. The van der Waals surface area contributed by atoms with Crippen LogP contribution in [0.15, 0.2) is 30.3 Å². The van der Waals surface area contributed by atoms with Crippen LogP contribution >= 0.6 is 0 Å². The fraction of sp³-hybridized carbons (Fsp3) is 0.385. The van der Waals surface area contributed by atoms with Gasteiger partial charge in [0.15, 0.2) is 29.1 Å². The van der Waals surface area contributed by atoms with E-state index >= 15 is 4.39 Å². The van der Waals surface area contributed by atoms with E-state index in [0.29, 0.717) is 24.8 Å². The van der Waals surface area contributed by atoms with Gasteiger partial charge in [0.25, 0.3) is 0 Å². The number of halogens is 8. The summed E-state index contributed by atoms with van der Waals surface area (Å²) in [5.41, 5.74) is -1.39. The molecule has 0 unspecified atom stereocenters. The Kier molecular flexibility index (Phi) is 6.97. The molecule has 1 aliphatic carbocycles. The first-order chi connectivity index (χ1) is 16.5. The Morgan fingerprint density at radius 3 is 2.03 bits per heavy atom. The zero-order valence-electron chi connectivity index (χ0n) is 18.7. The van der Waals surface area contributed by atoms with Crippen LogP contribution in [0.4, 0.5) is 35.1 Å². The molecular formula is C26H22F8O. The topological polar surface area (TPSA) is 9.23 Å². The summed E-state index contributed by atoms with van der Waals surface area (Å²) in [5, 5.41) is -1.09. The first kappa shape index (κ1) is 25.3. The van der Waals surface area contributed by atoms with Crippen LogP contribution in [0.1, 0.15) is 62.5 Å². The van der Waals surface area contributed by atoms with Crippen molar-refractivity contribution in [2.45, 2.75) is 57.5 Å². The smallest absolute Gasteiger partial charge is 0.429 e. The fourth-order valence-electron chi connectivity index (χ4n) is 4.89. The van der Waals surface area contributed by atoms with Gasteiger partial charge in [-0.2, -0.15) is 8.78 Å². The zero-order valence-corrected chi connectivity index (χ0v) is 18.7. The SMILES string of the molecule is CCCC1CCC(c2ccc3cc(C(F)(F)Oc4cc(F)c(F)c(F)c4)c(F)c(F)c3c2F)CC1. The molecule has 0 saturated heterocycles. The minimum absolute atomic E-state index is 0.142. The van der Waals surface area contributed by atoms with Crippen LogP contribution < -0.4 is 4.74 Å². The minimum Gasteiger partial charge on any atom is -0.429 e. The molecule has 0 aromatic heterocycles. The summed E-state index contributed by atoms with van der Waals surface area (Å²) in [4.78, 5) is 0. The lowest BCUT2D eigenvalue weighted by atomic mass is 9.77. The van der Waals surface area contributed by atoms with Gasteiger partial charge in [0.2, 0.25) is 0 Å². The summed E-state index contributed by atoms with van der Waals surface area (Å²) in [6, 6.07) is 3.42. The van der Waals surface area contributed by atoms with E-state index < -0.39 is 57.7 Å². The quantitative estimate of drug-likeness (QED) is 0.242. The number of rotatable bonds is 6. The van der Waals surface area contributed by atoms with Crippen LogP contribution in [-0.4, -0.2) is 0 Å². The van der Waals surface area contributed by atoms with Gasteiger partial charge < -0.3 is 4.74 Å². The molecule has 0 amide bonds. The number of alkyl halides is 2. The van der Waals surface area contributed by atoms with Crippen molar-refractivity contribution in [3.05, 3.63) is 76.4 Å². The molecule has 9 heteroatoms. The van der Waals surface area contributed by atoms with Crippen molar-refractivity contribution < 1.29 is 39.9 Å². The highest BCUT2D eigenvalue weighted by Gasteiger charge is 2.40. The molecule has 1 nitrogen and oxygen atoms in total. The average Bonchev–Trinajstić information content (AvgIpc) is 2.80. The van der Waals surface area contributed by atoms with Crippen molar-refractivity contribution in [3.8, 4) is 5.75 Å². The van der Waals surface area contributed by atoms with E-state index in [1.807, 2.05) is 0 Å². The Labute approximate surface area is 196 Å². The lowest BCUT2D eigenvalue weighted by molar-refractivity contribution is -0.187. The highest BCUT2D eigenvalue weighted by molar-refractivity contribution is 5.85. The zero-order chi connectivity index (χ0) is 25.5. The van der Waals surface area contributed by atoms with Crippen molar-refractivity contribution in [1.29, 1.82) is 0 Å². The Morgan fingerprint density at radius 2 is 1.43 bits per heavy atom. The monoisotopic (exact) mass is 502 g/mol. The highest BCUT2D eigenvalue weighted by Crippen LogP contribution is 2.42. The van der Waals surface area contributed by atoms with E-state index in [-0.39, 0.29) is 29.0 Å². The third-order valence-corrected chi connectivity index (χ3v) is 6.65. The van der Waals surface area contributed by atoms with Crippen LogP contribution in [-0.2, 0) is 6.11 Å². The lowest BCUT2D eigenvalue weighted by Crippen LogP contribution is -2.24. The molecule has 0 bridgehead atoms. The molecule has 35 heavy (non-hydrogen) atoms. The van der Waals surface area contributed by atoms with Crippen LogP contribution in [0.3, 0.4) is 0 Å². The number of ether oxygens (including phenoxy) is 1. The summed E-state index contributed by atoms with van der Waals surface area (Å²) >= 11 is 0.